The number of fused-ring (bicyclic) bond motifs is 1. The second kappa shape index (κ2) is 5.38. The molecule has 0 atom stereocenters. The minimum absolute atomic E-state index is 0.0841. The predicted octanol–water partition coefficient (Wildman–Crippen LogP) is 3.51. The first-order chi connectivity index (χ1) is 10.8. The molecule has 0 unspecified atom stereocenters. The van der Waals surface area contributed by atoms with E-state index in [1.807, 2.05) is 0 Å². The lowest BCUT2D eigenvalue weighted by molar-refractivity contribution is -0.243. The molecule has 0 aliphatic carbocycles. The molecule has 2 heterocycles. The largest absolute Gasteiger partial charge is 0.871 e. The molecular formula is C15H8BrF3N3O-. The SMILES string of the molecule is C=C([O-])c1nn2c(C(F)(F)F)cc(-c3ccccc3)nc2c1Br. The van der Waals surface area contributed by atoms with Crippen molar-refractivity contribution in [3.63, 3.8) is 0 Å². The number of halogens is 4. The summed E-state index contributed by atoms with van der Waals surface area (Å²) in [5, 5.41) is 15.1. The Morgan fingerprint density at radius 3 is 2.43 bits per heavy atom. The van der Waals surface area contributed by atoms with Crippen LogP contribution in [0.25, 0.3) is 22.7 Å². The summed E-state index contributed by atoms with van der Waals surface area (Å²) >= 11 is 3.09. The first-order valence-corrected chi connectivity index (χ1v) is 7.16. The summed E-state index contributed by atoms with van der Waals surface area (Å²) in [5.74, 6) is -0.697. The van der Waals surface area contributed by atoms with Gasteiger partial charge in [0.15, 0.2) is 11.3 Å². The summed E-state index contributed by atoms with van der Waals surface area (Å²) in [4.78, 5) is 4.20. The molecule has 0 N–H and O–H groups in total. The molecule has 3 aromatic rings. The average molecular weight is 383 g/mol. The first-order valence-electron chi connectivity index (χ1n) is 6.37. The second-order valence-corrected chi connectivity index (χ2v) is 5.50. The summed E-state index contributed by atoms with van der Waals surface area (Å²) in [6, 6.07) is 9.35. The van der Waals surface area contributed by atoms with Gasteiger partial charge in [0, 0.05) is 5.56 Å². The fraction of sp³-hybridized carbons (Fsp3) is 0.0667. The Balaban J connectivity index is 2.38. The van der Waals surface area contributed by atoms with Gasteiger partial charge in [-0.05, 0) is 22.0 Å². The number of nitrogens with zero attached hydrogens (tertiary/aromatic N) is 3. The van der Waals surface area contributed by atoms with Gasteiger partial charge in [0.25, 0.3) is 0 Å². The number of hydrogen-bond donors (Lipinski definition) is 0. The van der Waals surface area contributed by atoms with Crippen molar-refractivity contribution < 1.29 is 18.3 Å². The Labute approximate surface area is 137 Å². The van der Waals surface area contributed by atoms with Gasteiger partial charge in [-0.25, -0.2) is 9.50 Å². The Kier molecular flexibility index (Phi) is 3.63. The summed E-state index contributed by atoms with van der Waals surface area (Å²) in [7, 11) is 0. The van der Waals surface area contributed by atoms with E-state index in [1.54, 1.807) is 30.3 Å². The van der Waals surface area contributed by atoms with Crippen LogP contribution in [0.1, 0.15) is 11.4 Å². The van der Waals surface area contributed by atoms with Crippen LogP contribution in [0.15, 0.2) is 47.4 Å². The fourth-order valence-corrected chi connectivity index (χ4v) is 2.69. The number of aromatic nitrogens is 3. The van der Waals surface area contributed by atoms with Crippen molar-refractivity contribution >= 4 is 27.3 Å². The van der Waals surface area contributed by atoms with Crippen molar-refractivity contribution in [2.75, 3.05) is 0 Å². The molecule has 0 amide bonds. The van der Waals surface area contributed by atoms with Gasteiger partial charge in [0.05, 0.1) is 15.9 Å². The summed E-state index contributed by atoms with van der Waals surface area (Å²) < 4.78 is 40.7. The van der Waals surface area contributed by atoms with Crippen molar-refractivity contribution in [3.05, 3.63) is 58.8 Å². The van der Waals surface area contributed by atoms with Crippen LogP contribution < -0.4 is 5.11 Å². The molecule has 0 bridgehead atoms. The van der Waals surface area contributed by atoms with Crippen LogP contribution in [-0.4, -0.2) is 14.6 Å². The molecule has 0 saturated heterocycles. The highest BCUT2D eigenvalue weighted by Gasteiger charge is 2.36. The molecule has 23 heavy (non-hydrogen) atoms. The number of alkyl halides is 3. The topological polar surface area (TPSA) is 53.2 Å². The monoisotopic (exact) mass is 382 g/mol. The van der Waals surface area contributed by atoms with Gasteiger partial charge in [0.2, 0.25) is 0 Å². The lowest BCUT2D eigenvalue weighted by atomic mass is 10.1. The normalized spacial score (nSPS) is 11.8. The van der Waals surface area contributed by atoms with Crippen LogP contribution in [0.2, 0.25) is 0 Å². The van der Waals surface area contributed by atoms with Crippen molar-refractivity contribution in [2.24, 2.45) is 0 Å². The van der Waals surface area contributed by atoms with Crippen molar-refractivity contribution in [2.45, 2.75) is 6.18 Å². The second-order valence-electron chi connectivity index (χ2n) is 4.71. The number of rotatable bonds is 2. The Morgan fingerprint density at radius 2 is 1.87 bits per heavy atom. The molecule has 0 spiro atoms. The van der Waals surface area contributed by atoms with Crippen LogP contribution in [0, 0.1) is 0 Å². The fourth-order valence-electron chi connectivity index (χ4n) is 2.13. The van der Waals surface area contributed by atoms with Gasteiger partial charge in [0.1, 0.15) is 0 Å². The molecule has 1 aromatic carbocycles. The van der Waals surface area contributed by atoms with E-state index in [0.717, 1.165) is 6.07 Å². The van der Waals surface area contributed by atoms with Crippen LogP contribution in [0.3, 0.4) is 0 Å². The van der Waals surface area contributed by atoms with Gasteiger partial charge in [-0.2, -0.15) is 18.3 Å². The Bertz CT molecular complexity index is 904. The van der Waals surface area contributed by atoms with Gasteiger partial charge < -0.3 is 5.11 Å². The molecule has 0 aliphatic heterocycles. The summed E-state index contributed by atoms with van der Waals surface area (Å²) in [6.45, 7) is 3.18. The quantitative estimate of drug-likeness (QED) is 0.637. The van der Waals surface area contributed by atoms with E-state index >= 15 is 0 Å². The molecule has 4 nitrogen and oxygen atoms in total. The third kappa shape index (κ3) is 2.70. The van der Waals surface area contributed by atoms with E-state index in [0.29, 0.717) is 10.1 Å². The molecule has 2 aromatic heterocycles. The van der Waals surface area contributed by atoms with E-state index in [-0.39, 0.29) is 21.5 Å². The smallest absolute Gasteiger partial charge is 0.433 e. The van der Waals surface area contributed by atoms with E-state index in [9.17, 15) is 18.3 Å². The maximum absolute atomic E-state index is 13.4. The third-order valence-corrected chi connectivity index (χ3v) is 3.89. The van der Waals surface area contributed by atoms with Crippen molar-refractivity contribution in [1.29, 1.82) is 0 Å². The van der Waals surface area contributed by atoms with E-state index in [4.69, 9.17) is 0 Å². The van der Waals surface area contributed by atoms with E-state index in [2.05, 4.69) is 32.6 Å². The summed E-state index contributed by atoms with van der Waals surface area (Å²) in [6.07, 6.45) is -4.66. The van der Waals surface area contributed by atoms with Crippen molar-refractivity contribution in [3.8, 4) is 11.3 Å². The van der Waals surface area contributed by atoms with Crippen LogP contribution >= 0.6 is 15.9 Å². The molecule has 0 aliphatic rings. The third-order valence-electron chi connectivity index (χ3n) is 3.16. The standard InChI is InChI=1S/C15H9BrF3N3O/c1-8(23)13-12(16)14-20-10(9-5-3-2-4-6-9)7-11(15(17,18)19)22(14)21-13/h2-7,23H,1H2/p-1. The first kappa shape index (κ1) is 15.5. The lowest BCUT2D eigenvalue weighted by Gasteiger charge is -2.11. The maximum atomic E-state index is 13.4. The predicted molar refractivity (Wildman–Crippen MR) is 80.2 cm³/mol. The number of hydrogen-bond acceptors (Lipinski definition) is 3. The van der Waals surface area contributed by atoms with Gasteiger partial charge >= 0.3 is 6.18 Å². The van der Waals surface area contributed by atoms with Crippen LogP contribution in [0.5, 0.6) is 0 Å². The molecule has 3 rings (SSSR count). The highest BCUT2D eigenvalue weighted by Crippen LogP contribution is 2.35. The molecule has 0 saturated carbocycles. The lowest BCUT2D eigenvalue weighted by Crippen LogP contribution is -2.14. The minimum Gasteiger partial charge on any atom is -0.871 e. The van der Waals surface area contributed by atoms with E-state index in [1.165, 1.54) is 0 Å². The zero-order valence-electron chi connectivity index (χ0n) is 11.4. The maximum Gasteiger partial charge on any atom is 0.433 e. The van der Waals surface area contributed by atoms with Crippen LogP contribution in [-0.2, 0) is 6.18 Å². The molecular weight excluding hydrogens is 375 g/mol. The average Bonchev–Trinajstić information content (AvgIpc) is 2.84. The van der Waals surface area contributed by atoms with Gasteiger partial charge in [-0.15, -0.1) is 6.58 Å². The zero-order valence-corrected chi connectivity index (χ0v) is 13.0. The minimum atomic E-state index is -4.66. The summed E-state index contributed by atoms with van der Waals surface area (Å²) in [5.41, 5.74) is -0.654. The molecule has 8 heteroatoms. The van der Waals surface area contributed by atoms with Gasteiger partial charge in [-0.1, -0.05) is 36.1 Å². The molecule has 0 fully saturated rings. The van der Waals surface area contributed by atoms with E-state index < -0.39 is 17.6 Å². The number of benzene rings is 1. The Hall–Kier alpha value is -2.35. The van der Waals surface area contributed by atoms with Crippen LogP contribution in [0.4, 0.5) is 13.2 Å². The van der Waals surface area contributed by atoms with Gasteiger partial charge in [-0.3, -0.25) is 0 Å². The highest BCUT2D eigenvalue weighted by atomic mass is 79.9. The molecule has 118 valence electrons. The van der Waals surface area contributed by atoms with Crippen molar-refractivity contribution in [1.82, 2.24) is 14.6 Å². The Morgan fingerprint density at radius 1 is 1.22 bits per heavy atom. The molecule has 0 radical (unpaired) electrons. The zero-order chi connectivity index (χ0) is 16.8. The highest BCUT2D eigenvalue weighted by molar-refractivity contribution is 9.10.